The number of rotatable bonds is 1. The smallest absolute Gasteiger partial charge is 0.0291 e. The molecule has 0 heteroatoms. The third-order valence-electron chi connectivity index (χ3n) is 1.92. The maximum atomic E-state index is 3.67. The van der Waals surface area contributed by atoms with Gasteiger partial charge in [-0.1, -0.05) is 31.2 Å². The highest BCUT2D eigenvalue weighted by Gasteiger charge is 2.12. The molecule has 1 aliphatic rings. The van der Waals surface area contributed by atoms with Crippen LogP contribution in [0, 0.1) is 5.92 Å². The molecule has 0 radical (unpaired) electrons. The van der Waals surface area contributed by atoms with Crippen molar-refractivity contribution in [1.29, 1.82) is 0 Å². The lowest BCUT2D eigenvalue weighted by Crippen LogP contribution is -1.80. The minimum Gasteiger partial charge on any atom is -0.0991 e. The zero-order chi connectivity index (χ0) is 6.69. The van der Waals surface area contributed by atoms with Gasteiger partial charge in [-0.05, 0) is 25.2 Å². The molecule has 1 fully saturated rings. The maximum Gasteiger partial charge on any atom is -0.0291 e. The zero-order valence-corrected chi connectivity index (χ0v) is 6.06. The zero-order valence-electron chi connectivity index (χ0n) is 6.06. The van der Waals surface area contributed by atoms with Crippen LogP contribution >= 0.6 is 0 Å². The molecule has 0 aromatic heterocycles. The van der Waals surface area contributed by atoms with Crippen molar-refractivity contribution in [1.82, 2.24) is 0 Å². The first-order valence-corrected chi connectivity index (χ1v) is 3.63. The molecule has 0 aromatic carbocycles. The molecule has 0 bridgehead atoms. The first-order valence-electron chi connectivity index (χ1n) is 3.63. The van der Waals surface area contributed by atoms with E-state index in [0.29, 0.717) is 0 Å². The molecule has 1 unspecified atom stereocenters. The largest absolute Gasteiger partial charge is 0.0991 e. The van der Waals surface area contributed by atoms with Crippen molar-refractivity contribution in [3.05, 3.63) is 24.3 Å². The average molecular weight is 122 g/mol. The molecular formula is C9H14. The van der Waals surface area contributed by atoms with Gasteiger partial charge in [0.2, 0.25) is 0 Å². The van der Waals surface area contributed by atoms with Gasteiger partial charge in [0, 0.05) is 0 Å². The van der Waals surface area contributed by atoms with Crippen molar-refractivity contribution >= 4 is 0 Å². The lowest BCUT2D eigenvalue weighted by atomic mass is 10.1. The minimum atomic E-state index is 0.913. The van der Waals surface area contributed by atoms with Gasteiger partial charge < -0.3 is 0 Å². The lowest BCUT2D eigenvalue weighted by molar-refractivity contribution is 0.620. The second-order valence-electron chi connectivity index (χ2n) is 2.91. The van der Waals surface area contributed by atoms with Gasteiger partial charge in [0.25, 0.3) is 0 Å². The summed E-state index contributed by atoms with van der Waals surface area (Å²) in [5.41, 5.74) is 1.58. The third-order valence-corrected chi connectivity index (χ3v) is 1.92. The van der Waals surface area contributed by atoms with Gasteiger partial charge in [0.05, 0.1) is 0 Å². The molecule has 0 N–H and O–H groups in total. The molecule has 0 spiro atoms. The number of allylic oxidation sites excluding steroid dienone is 3. The third kappa shape index (κ3) is 1.70. The van der Waals surface area contributed by atoms with Gasteiger partial charge in [0.15, 0.2) is 0 Å². The first-order chi connectivity index (χ1) is 4.33. The highest BCUT2D eigenvalue weighted by Crippen LogP contribution is 2.29. The number of hydrogen-bond donors (Lipinski definition) is 0. The van der Waals surface area contributed by atoms with Gasteiger partial charge in [-0.3, -0.25) is 0 Å². The quantitative estimate of drug-likeness (QED) is 0.501. The van der Waals surface area contributed by atoms with E-state index in [9.17, 15) is 0 Å². The van der Waals surface area contributed by atoms with Crippen LogP contribution in [0.4, 0.5) is 0 Å². The van der Waals surface area contributed by atoms with Crippen LogP contribution in [0.25, 0.3) is 0 Å². The summed E-state index contributed by atoms with van der Waals surface area (Å²) in [6, 6.07) is 0. The summed E-state index contributed by atoms with van der Waals surface area (Å²) in [7, 11) is 0. The Labute approximate surface area is 57.3 Å². The van der Waals surface area contributed by atoms with E-state index in [1.54, 1.807) is 5.57 Å². The van der Waals surface area contributed by atoms with E-state index in [0.717, 1.165) is 5.92 Å². The fourth-order valence-electron chi connectivity index (χ4n) is 1.40. The number of hydrogen-bond acceptors (Lipinski definition) is 0. The molecule has 50 valence electrons. The maximum absolute atomic E-state index is 3.67. The topological polar surface area (TPSA) is 0 Å². The van der Waals surface area contributed by atoms with Gasteiger partial charge in [-0.2, -0.15) is 0 Å². The summed E-state index contributed by atoms with van der Waals surface area (Å²) in [5.74, 6) is 0.913. The summed E-state index contributed by atoms with van der Waals surface area (Å²) in [5, 5.41) is 0. The fourth-order valence-corrected chi connectivity index (χ4v) is 1.40. The molecule has 9 heavy (non-hydrogen) atoms. The van der Waals surface area contributed by atoms with Crippen LogP contribution < -0.4 is 0 Å². The Bertz CT molecular complexity index is 131. The molecule has 1 saturated carbocycles. The van der Waals surface area contributed by atoms with Gasteiger partial charge >= 0.3 is 0 Å². The first kappa shape index (κ1) is 6.60. The molecule has 1 atom stereocenters. The molecule has 0 heterocycles. The molecule has 0 amide bonds. The monoisotopic (exact) mass is 122 g/mol. The standard InChI is InChI=1S/C9H14/c1-3-4-9-6-5-8(2)7-9/h3-4,8H,1,5-7H2,2H3. The van der Waals surface area contributed by atoms with Crippen LogP contribution in [-0.4, -0.2) is 0 Å². The highest BCUT2D eigenvalue weighted by atomic mass is 14.2. The van der Waals surface area contributed by atoms with Crippen LogP contribution in [0.2, 0.25) is 0 Å². The predicted molar refractivity (Wildman–Crippen MR) is 41.3 cm³/mol. The van der Waals surface area contributed by atoms with Crippen molar-refractivity contribution in [2.45, 2.75) is 26.2 Å². The van der Waals surface area contributed by atoms with Crippen LogP contribution in [0.3, 0.4) is 0 Å². The second kappa shape index (κ2) is 2.86. The van der Waals surface area contributed by atoms with Crippen molar-refractivity contribution in [3.63, 3.8) is 0 Å². The van der Waals surface area contributed by atoms with E-state index < -0.39 is 0 Å². The van der Waals surface area contributed by atoms with E-state index in [4.69, 9.17) is 0 Å². The molecule has 1 rings (SSSR count). The van der Waals surface area contributed by atoms with Crippen molar-refractivity contribution in [2.75, 3.05) is 0 Å². The van der Waals surface area contributed by atoms with Gasteiger partial charge in [-0.15, -0.1) is 0 Å². The van der Waals surface area contributed by atoms with Crippen LogP contribution in [0.15, 0.2) is 24.3 Å². The Hall–Kier alpha value is -0.520. The molecule has 0 aromatic rings. The van der Waals surface area contributed by atoms with E-state index in [-0.39, 0.29) is 0 Å². The molecule has 0 saturated heterocycles. The van der Waals surface area contributed by atoms with Crippen molar-refractivity contribution in [2.24, 2.45) is 5.92 Å². The molecule has 0 aliphatic heterocycles. The normalized spacial score (nSPS) is 31.2. The Morgan fingerprint density at radius 2 is 2.44 bits per heavy atom. The summed E-state index contributed by atoms with van der Waals surface area (Å²) < 4.78 is 0. The van der Waals surface area contributed by atoms with Crippen LogP contribution in [0.1, 0.15) is 26.2 Å². The van der Waals surface area contributed by atoms with Gasteiger partial charge in [-0.25, -0.2) is 0 Å². The Morgan fingerprint density at radius 1 is 1.67 bits per heavy atom. The molecular weight excluding hydrogens is 108 g/mol. The van der Waals surface area contributed by atoms with Crippen LogP contribution in [0.5, 0.6) is 0 Å². The predicted octanol–water partition coefficient (Wildman–Crippen LogP) is 2.92. The lowest BCUT2D eigenvalue weighted by Gasteiger charge is -1.93. The summed E-state index contributed by atoms with van der Waals surface area (Å²) in [4.78, 5) is 0. The Kier molecular flexibility index (Phi) is 2.10. The fraction of sp³-hybridized carbons (Fsp3) is 0.556. The molecule has 0 nitrogen and oxygen atoms in total. The Balaban J connectivity index is 2.47. The van der Waals surface area contributed by atoms with Crippen LogP contribution in [-0.2, 0) is 0 Å². The average Bonchev–Trinajstić information content (AvgIpc) is 2.17. The van der Waals surface area contributed by atoms with E-state index >= 15 is 0 Å². The van der Waals surface area contributed by atoms with Gasteiger partial charge in [0.1, 0.15) is 0 Å². The van der Waals surface area contributed by atoms with E-state index in [1.165, 1.54) is 19.3 Å². The van der Waals surface area contributed by atoms with E-state index in [1.807, 2.05) is 6.08 Å². The molecule has 1 aliphatic carbocycles. The summed E-state index contributed by atoms with van der Waals surface area (Å²) in [6.45, 7) is 5.98. The SMILES string of the molecule is C=CC=C1CCC(C)C1. The summed E-state index contributed by atoms with van der Waals surface area (Å²) in [6.07, 6.45) is 8.02. The minimum absolute atomic E-state index is 0.913. The van der Waals surface area contributed by atoms with Crippen molar-refractivity contribution in [3.8, 4) is 0 Å². The van der Waals surface area contributed by atoms with Crippen molar-refractivity contribution < 1.29 is 0 Å². The van der Waals surface area contributed by atoms with E-state index in [2.05, 4.69) is 19.6 Å². The highest BCUT2D eigenvalue weighted by molar-refractivity contribution is 5.13. The second-order valence-corrected chi connectivity index (χ2v) is 2.91. The Morgan fingerprint density at radius 3 is 2.89 bits per heavy atom. The summed E-state index contributed by atoms with van der Waals surface area (Å²) >= 11 is 0.